The number of anilines is 2. The first-order valence-corrected chi connectivity index (χ1v) is 9.64. The van der Waals surface area contributed by atoms with Crippen LogP contribution in [0.25, 0.3) is 10.8 Å². The number of nitrogens with one attached hydrogen (secondary N) is 1. The van der Waals surface area contributed by atoms with E-state index in [1.165, 1.54) is 28.2 Å². The molecule has 1 aromatic heterocycles. The molecule has 25 heavy (non-hydrogen) atoms. The summed E-state index contributed by atoms with van der Waals surface area (Å²) in [6.07, 6.45) is 1.90. The van der Waals surface area contributed by atoms with Crippen molar-refractivity contribution in [3.63, 3.8) is 0 Å². The van der Waals surface area contributed by atoms with E-state index in [1.54, 1.807) is 13.0 Å². The van der Waals surface area contributed by atoms with Gasteiger partial charge >= 0.3 is 0 Å². The summed E-state index contributed by atoms with van der Waals surface area (Å²) >= 11 is 2.70. The van der Waals surface area contributed by atoms with Gasteiger partial charge in [-0.1, -0.05) is 36.0 Å². The number of benzene rings is 2. The van der Waals surface area contributed by atoms with Gasteiger partial charge in [0, 0.05) is 10.9 Å². The van der Waals surface area contributed by atoms with Gasteiger partial charge in [-0.25, -0.2) is 0 Å². The molecule has 4 rings (SSSR count). The van der Waals surface area contributed by atoms with Gasteiger partial charge < -0.3 is 0 Å². The van der Waals surface area contributed by atoms with E-state index in [2.05, 4.69) is 14.7 Å². The molecule has 0 saturated carbocycles. The van der Waals surface area contributed by atoms with Crippen molar-refractivity contribution in [2.45, 2.75) is 17.3 Å². The Hall–Kier alpha value is -2.45. The SMILES string of the molecule is CSc1nc(NC(=O)C(C)N2C(=O)c3cccc4cccc2c34)ns1. The number of amides is 2. The molecule has 3 aromatic rings. The maximum Gasteiger partial charge on any atom is 0.259 e. The average Bonchev–Trinajstić information content (AvgIpc) is 3.19. The number of carbonyl (C=O) groups is 2. The second-order valence-corrected chi connectivity index (χ2v) is 7.41. The molecule has 1 unspecified atom stereocenters. The Morgan fingerprint density at radius 1 is 1.28 bits per heavy atom. The van der Waals surface area contributed by atoms with Crippen molar-refractivity contribution in [3.8, 4) is 0 Å². The van der Waals surface area contributed by atoms with Gasteiger partial charge in [0.15, 0.2) is 4.34 Å². The van der Waals surface area contributed by atoms with Crippen molar-refractivity contribution in [1.29, 1.82) is 0 Å². The van der Waals surface area contributed by atoms with E-state index in [9.17, 15) is 9.59 Å². The Kier molecular flexibility index (Phi) is 3.93. The molecular formula is C17H14N4O2S2. The Morgan fingerprint density at radius 3 is 2.76 bits per heavy atom. The summed E-state index contributed by atoms with van der Waals surface area (Å²) in [6.45, 7) is 1.71. The van der Waals surface area contributed by atoms with Gasteiger partial charge in [0.05, 0.1) is 5.69 Å². The fourth-order valence-electron chi connectivity index (χ4n) is 3.00. The van der Waals surface area contributed by atoms with E-state index in [0.29, 0.717) is 5.56 Å². The molecule has 0 radical (unpaired) electrons. The number of nitrogens with zero attached hydrogens (tertiary/aromatic N) is 3. The van der Waals surface area contributed by atoms with Crippen molar-refractivity contribution in [2.75, 3.05) is 16.5 Å². The highest BCUT2D eigenvalue weighted by Crippen LogP contribution is 2.38. The molecule has 2 heterocycles. The minimum Gasteiger partial charge on any atom is -0.295 e. The molecular weight excluding hydrogens is 356 g/mol. The Morgan fingerprint density at radius 2 is 2.04 bits per heavy atom. The fraction of sp³-hybridized carbons (Fsp3) is 0.176. The zero-order valence-corrected chi connectivity index (χ0v) is 15.1. The molecule has 0 spiro atoms. The first-order valence-electron chi connectivity index (χ1n) is 7.64. The normalized spacial score (nSPS) is 14.2. The van der Waals surface area contributed by atoms with Crippen LogP contribution in [0.5, 0.6) is 0 Å². The van der Waals surface area contributed by atoms with Crippen LogP contribution >= 0.6 is 23.3 Å². The number of thioether (sulfide) groups is 1. The minimum atomic E-state index is -0.674. The lowest BCUT2D eigenvalue weighted by Gasteiger charge is -2.24. The topological polar surface area (TPSA) is 75.2 Å². The Balaban J connectivity index is 1.65. The van der Waals surface area contributed by atoms with Gasteiger partial charge in [-0.3, -0.25) is 19.8 Å². The second kappa shape index (κ2) is 6.12. The van der Waals surface area contributed by atoms with Crippen LogP contribution in [0, 0.1) is 0 Å². The van der Waals surface area contributed by atoms with E-state index in [4.69, 9.17) is 0 Å². The smallest absolute Gasteiger partial charge is 0.259 e. The van der Waals surface area contributed by atoms with Gasteiger partial charge in [0.2, 0.25) is 11.9 Å². The lowest BCUT2D eigenvalue weighted by molar-refractivity contribution is -0.117. The molecule has 2 aromatic carbocycles. The molecule has 1 N–H and O–H groups in total. The van der Waals surface area contributed by atoms with Gasteiger partial charge in [0.1, 0.15) is 6.04 Å². The van der Waals surface area contributed by atoms with E-state index >= 15 is 0 Å². The number of rotatable bonds is 4. The fourth-order valence-corrected chi connectivity index (χ4v) is 3.97. The number of hydrogen-bond acceptors (Lipinski definition) is 6. The summed E-state index contributed by atoms with van der Waals surface area (Å²) < 4.78 is 4.88. The van der Waals surface area contributed by atoms with Crippen molar-refractivity contribution < 1.29 is 9.59 Å². The summed E-state index contributed by atoms with van der Waals surface area (Å²) in [5.41, 5.74) is 1.39. The van der Waals surface area contributed by atoms with Crippen molar-refractivity contribution >= 4 is 57.5 Å². The van der Waals surface area contributed by atoms with E-state index in [1.807, 2.05) is 36.6 Å². The van der Waals surface area contributed by atoms with Crippen LogP contribution < -0.4 is 10.2 Å². The van der Waals surface area contributed by atoms with Crippen LogP contribution in [0.1, 0.15) is 17.3 Å². The summed E-state index contributed by atoms with van der Waals surface area (Å²) in [5, 5.41) is 4.58. The summed E-state index contributed by atoms with van der Waals surface area (Å²) in [4.78, 5) is 31.2. The van der Waals surface area contributed by atoms with Crippen LogP contribution in [0.4, 0.5) is 11.6 Å². The van der Waals surface area contributed by atoms with Crippen LogP contribution in [0.2, 0.25) is 0 Å². The predicted octanol–water partition coefficient (Wildman–Crippen LogP) is 3.40. The number of hydrogen-bond donors (Lipinski definition) is 1. The molecule has 1 atom stereocenters. The molecule has 6 nitrogen and oxygen atoms in total. The van der Waals surface area contributed by atoms with E-state index in [-0.39, 0.29) is 17.8 Å². The van der Waals surface area contributed by atoms with Crippen LogP contribution in [-0.2, 0) is 4.79 Å². The first-order chi connectivity index (χ1) is 12.1. The van der Waals surface area contributed by atoms with Crippen molar-refractivity contribution in [1.82, 2.24) is 9.36 Å². The van der Waals surface area contributed by atoms with E-state index in [0.717, 1.165) is 20.8 Å². The Labute approximate surface area is 152 Å². The molecule has 1 aliphatic rings. The van der Waals surface area contributed by atoms with Gasteiger partial charge in [0.25, 0.3) is 5.91 Å². The first kappa shape index (κ1) is 16.0. The monoisotopic (exact) mass is 370 g/mol. The van der Waals surface area contributed by atoms with Gasteiger partial charge in [-0.15, -0.1) is 0 Å². The molecule has 2 amide bonds. The zero-order valence-electron chi connectivity index (χ0n) is 13.5. The van der Waals surface area contributed by atoms with Gasteiger partial charge in [-0.2, -0.15) is 9.36 Å². The summed E-state index contributed by atoms with van der Waals surface area (Å²) in [5.74, 6) is -0.206. The standard InChI is InChI=1S/C17H14N4O2S2/c1-9(14(22)18-16-19-17(24-2)25-20-16)21-12-8-4-6-10-5-3-7-11(13(10)12)15(21)23/h3-9H,1-2H3,(H,18,20,22). The lowest BCUT2D eigenvalue weighted by atomic mass is 10.1. The third kappa shape index (κ3) is 2.58. The average molecular weight is 370 g/mol. The molecule has 126 valence electrons. The molecule has 0 saturated heterocycles. The third-order valence-corrected chi connectivity index (χ3v) is 5.85. The maximum atomic E-state index is 12.8. The minimum absolute atomic E-state index is 0.162. The highest BCUT2D eigenvalue weighted by Gasteiger charge is 2.36. The molecule has 1 aliphatic heterocycles. The molecule has 8 heteroatoms. The second-order valence-electron chi connectivity index (χ2n) is 5.61. The third-order valence-electron chi connectivity index (χ3n) is 4.18. The van der Waals surface area contributed by atoms with Gasteiger partial charge in [-0.05, 0) is 42.2 Å². The van der Waals surface area contributed by atoms with E-state index < -0.39 is 6.04 Å². The summed E-state index contributed by atoms with van der Waals surface area (Å²) in [6, 6.07) is 10.7. The molecule has 0 fully saturated rings. The van der Waals surface area contributed by atoms with Crippen LogP contribution in [0.15, 0.2) is 40.7 Å². The largest absolute Gasteiger partial charge is 0.295 e. The quantitative estimate of drug-likeness (QED) is 0.713. The van der Waals surface area contributed by atoms with Crippen LogP contribution in [0.3, 0.4) is 0 Å². The number of aromatic nitrogens is 2. The summed E-state index contributed by atoms with van der Waals surface area (Å²) in [7, 11) is 0. The van der Waals surface area contributed by atoms with Crippen LogP contribution in [-0.4, -0.2) is 33.5 Å². The molecule has 0 aliphatic carbocycles. The van der Waals surface area contributed by atoms with Crippen molar-refractivity contribution in [3.05, 3.63) is 42.0 Å². The predicted molar refractivity (Wildman–Crippen MR) is 101 cm³/mol. The molecule has 0 bridgehead atoms. The van der Waals surface area contributed by atoms with Crippen molar-refractivity contribution in [2.24, 2.45) is 0 Å². The zero-order chi connectivity index (χ0) is 17.6. The highest BCUT2D eigenvalue weighted by molar-refractivity contribution is 8.00. The lowest BCUT2D eigenvalue weighted by Crippen LogP contribution is -2.44. The number of carbonyl (C=O) groups excluding carboxylic acids is 2. The highest BCUT2D eigenvalue weighted by atomic mass is 32.2. The maximum absolute atomic E-state index is 12.8. The Bertz CT molecular complexity index is 996.